The van der Waals surface area contributed by atoms with Gasteiger partial charge in [0.2, 0.25) is 0 Å². The van der Waals surface area contributed by atoms with Gasteiger partial charge >= 0.3 is 5.97 Å². The van der Waals surface area contributed by atoms with Gasteiger partial charge in [0.25, 0.3) is 0 Å². The third-order valence-corrected chi connectivity index (χ3v) is 14.5. The van der Waals surface area contributed by atoms with Gasteiger partial charge in [0.05, 0.1) is 17.9 Å². The molecule has 6 rings (SSSR count). The van der Waals surface area contributed by atoms with Crippen molar-refractivity contribution >= 4 is 11.7 Å². The Morgan fingerprint density at radius 1 is 1.07 bits per heavy atom. The first-order valence-corrected chi connectivity index (χ1v) is 15.9. The largest absolute Gasteiger partial charge is 0.457 e. The molecule has 7 nitrogen and oxygen atoms in total. The van der Waals surface area contributed by atoms with E-state index in [2.05, 4.69) is 39.8 Å². The Balaban J connectivity index is 1.38. The fourth-order valence-electron chi connectivity index (χ4n) is 12.4. The van der Waals surface area contributed by atoms with Crippen molar-refractivity contribution in [1.29, 1.82) is 0 Å². The highest BCUT2D eigenvalue weighted by Gasteiger charge is 2.84. The molecule has 0 aromatic heterocycles. The van der Waals surface area contributed by atoms with Crippen molar-refractivity contribution in [2.24, 2.45) is 55.9 Å². The van der Waals surface area contributed by atoms with Crippen molar-refractivity contribution < 1.29 is 29.3 Å². The van der Waals surface area contributed by atoms with Gasteiger partial charge in [0.15, 0.2) is 6.10 Å². The molecule has 0 amide bonds. The maximum absolute atomic E-state index is 12.2. The quantitative estimate of drug-likeness (QED) is 0.250. The Kier molecular flexibility index (Phi) is 6.28. The molecule has 6 fully saturated rings. The predicted molar refractivity (Wildman–Crippen MR) is 152 cm³/mol. The second-order valence-corrected chi connectivity index (χ2v) is 16.3. The number of aliphatic hydroxyl groups excluding tert-OH is 1. The summed E-state index contributed by atoms with van der Waals surface area (Å²) in [5.74, 6) is 1.18. The molecule has 12 atom stereocenters. The van der Waals surface area contributed by atoms with Crippen molar-refractivity contribution in [2.75, 3.05) is 7.11 Å². The van der Waals surface area contributed by atoms with E-state index < -0.39 is 11.7 Å². The second kappa shape index (κ2) is 8.69. The standard InChI is InChI=1S/C33H53NO6/c1-18-16-20(27(39-19(2)35)29(5,6)38-9)40-25-24(18)30(7)14-15-33-17-32(33)13-12-23(36)28(3,4)21(32)10-11-22(33)31(30,8)26(25)34-37/h18,20-25,27,36-37H,10-17H2,1-9H3/b34-26+/t18-,20-,21+,22+,23+,24+,25+,27+,30-,31-,32-,33+/m1/s1. The number of carbonyl (C=O) groups is 1. The van der Waals surface area contributed by atoms with Crippen LogP contribution < -0.4 is 0 Å². The van der Waals surface area contributed by atoms with E-state index in [9.17, 15) is 15.1 Å². The van der Waals surface area contributed by atoms with Crippen LogP contribution in [0.2, 0.25) is 0 Å². The number of aliphatic hydroxyl groups is 1. The first kappa shape index (κ1) is 28.9. The molecule has 0 radical (unpaired) electrons. The van der Waals surface area contributed by atoms with Gasteiger partial charge in [-0.3, -0.25) is 4.79 Å². The van der Waals surface area contributed by atoms with E-state index in [0.29, 0.717) is 23.2 Å². The fraction of sp³-hybridized carbons (Fsp3) is 0.939. The van der Waals surface area contributed by atoms with E-state index in [-0.39, 0.29) is 51.9 Å². The van der Waals surface area contributed by atoms with E-state index in [1.165, 1.54) is 19.8 Å². The molecular formula is C33H53NO6. The van der Waals surface area contributed by atoms with Crippen LogP contribution in [0.5, 0.6) is 0 Å². The Labute approximate surface area is 240 Å². The maximum atomic E-state index is 12.2. The summed E-state index contributed by atoms with van der Waals surface area (Å²) in [5, 5.41) is 25.9. The lowest BCUT2D eigenvalue weighted by Gasteiger charge is -2.62. The van der Waals surface area contributed by atoms with Crippen LogP contribution >= 0.6 is 0 Å². The average molecular weight is 560 g/mol. The third-order valence-electron chi connectivity index (χ3n) is 14.5. The van der Waals surface area contributed by atoms with Crippen LogP contribution in [0.1, 0.15) is 107 Å². The molecule has 0 bridgehead atoms. The Bertz CT molecular complexity index is 1100. The zero-order chi connectivity index (χ0) is 29.3. The molecule has 0 unspecified atom stereocenters. The Morgan fingerprint density at radius 2 is 1.73 bits per heavy atom. The molecule has 5 saturated carbocycles. The number of hydrogen-bond donors (Lipinski definition) is 2. The van der Waals surface area contributed by atoms with Crippen LogP contribution in [0.15, 0.2) is 5.16 Å². The molecule has 0 aromatic carbocycles. The number of rotatable bonds is 4. The first-order valence-electron chi connectivity index (χ1n) is 15.9. The molecule has 7 heteroatoms. The van der Waals surface area contributed by atoms with Gasteiger partial charge in [0, 0.05) is 19.4 Å². The number of methoxy groups -OCH3 is 1. The highest BCUT2D eigenvalue weighted by Crippen LogP contribution is 2.89. The van der Waals surface area contributed by atoms with Gasteiger partial charge in [-0.1, -0.05) is 39.8 Å². The molecule has 0 aromatic rings. The van der Waals surface area contributed by atoms with Crippen LogP contribution in [0.3, 0.4) is 0 Å². The van der Waals surface area contributed by atoms with Crippen LogP contribution in [-0.2, 0) is 19.0 Å². The SMILES string of the molecule is COC(C)(C)[C@@H](OC(C)=O)[C@H]1C[C@@H](C)[C@H]2[C@H](O1)/C(=N\O)[C@@]1(C)[C@@H]3CC[C@H]4C(C)(C)[C@@H](O)CC[C@@]45C[C@@]35CC[C@]21C. The van der Waals surface area contributed by atoms with E-state index >= 15 is 0 Å². The van der Waals surface area contributed by atoms with Crippen LogP contribution in [-0.4, -0.2) is 59.1 Å². The zero-order valence-corrected chi connectivity index (χ0v) is 26.3. The van der Waals surface area contributed by atoms with Gasteiger partial charge in [-0.05, 0) is 111 Å². The van der Waals surface area contributed by atoms with Crippen molar-refractivity contribution in [3.63, 3.8) is 0 Å². The van der Waals surface area contributed by atoms with Crippen LogP contribution in [0.4, 0.5) is 0 Å². The minimum absolute atomic E-state index is 0.0481. The third kappa shape index (κ3) is 3.29. The number of oxime groups is 1. The highest BCUT2D eigenvalue weighted by molar-refractivity contribution is 5.98. The Hall–Kier alpha value is -1.18. The summed E-state index contributed by atoms with van der Waals surface area (Å²) in [6, 6.07) is 0. The van der Waals surface area contributed by atoms with Crippen LogP contribution in [0, 0.1) is 50.7 Å². The van der Waals surface area contributed by atoms with Crippen molar-refractivity contribution in [1.82, 2.24) is 0 Å². The summed E-state index contributed by atoms with van der Waals surface area (Å²) in [7, 11) is 1.64. The number of ether oxygens (including phenoxy) is 3. The van der Waals surface area contributed by atoms with Gasteiger partial charge in [-0.2, -0.15) is 0 Å². The molecule has 226 valence electrons. The lowest BCUT2D eigenvalue weighted by Crippen LogP contribution is -2.59. The zero-order valence-electron chi connectivity index (χ0n) is 26.3. The molecule has 6 aliphatic rings. The topological polar surface area (TPSA) is 97.6 Å². The van der Waals surface area contributed by atoms with Gasteiger partial charge in [-0.25, -0.2) is 0 Å². The van der Waals surface area contributed by atoms with Crippen LogP contribution in [0.25, 0.3) is 0 Å². The van der Waals surface area contributed by atoms with Crippen molar-refractivity contribution in [3.8, 4) is 0 Å². The molecule has 1 saturated heterocycles. The number of carbonyl (C=O) groups excluding carboxylic acids is 1. The molecule has 40 heavy (non-hydrogen) atoms. The summed E-state index contributed by atoms with van der Waals surface area (Å²) in [6.45, 7) is 17.1. The fourth-order valence-corrected chi connectivity index (χ4v) is 12.4. The summed E-state index contributed by atoms with van der Waals surface area (Å²) in [4.78, 5) is 12.2. The summed E-state index contributed by atoms with van der Waals surface area (Å²) < 4.78 is 18.6. The summed E-state index contributed by atoms with van der Waals surface area (Å²) in [6.07, 6.45) is 7.15. The monoisotopic (exact) mass is 559 g/mol. The lowest BCUT2D eigenvalue weighted by atomic mass is 9.41. The number of fused-ring (bicyclic) bond motifs is 4. The summed E-state index contributed by atoms with van der Waals surface area (Å²) >= 11 is 0. The number of nitrogens with zero attached hydrogens (tertiary/aromatic N) is 1. The number of esters is 1. The minimum atomic E-state index is -0.722. The molecule has 2 spiro atoms. The highest BCUT2D eigenvalue weighted by atomic mass is 16.6. The predicted octanol–water partition coefficient (Wildman–Crippen LogP) is 5.99. The molecule has 5 aliphatic carbocycles. The van der Waals surface area contributed by atoms with Crippen molar-refractivity contribution in [3.05, 3.63) is 0 Å². The maximum Gasteiger partial charge on any atom is 0.303 e. The minimum Gasteiger partial charge on any atom is -0.457 e. The Morgan fingerprint density at radius 3 is 2.35 bits per heavy atom. The van der Waals surface area contributed by atoms with E-state index in [0.717, 1.165) is 44.2 Å². The molecule has 1 aliphatic heterocycles. The number of hydrogen-bond acceptors (Lipinski definition) is 7. The lowest BCUT2D eigenvalue weighted by molar-refractivity contribution is -0.211. The normalized spacial score (nSPS) is 52.5. The van der Waals surface area contributed by atoms with E-state index in [1.807, 2.05) is 13.8 Å². The van der Waals surface area contributed by atoms with Crippen molar-refractivity contribution in [2.45, 2.75) is 137 Å². The second-order valence-electron chi connectivity index (χ2n) is 16.3. The van der Waals surface area contributed by atoms with E-state index in [1.54, 1.807) is 7.11 Å². The average Bonchev–Trinajstić information content (AvgIpc) is 3.50. The smallest absolute Gasteiger partial charge is 0.303 e. The first-order chi connectivity index (χ1) is 18.6. The van der Waals surface area contributed by atoms with E-state index in [4.69, 9.17) is 14.2 Å². The molecule has 2 N–H and O–H groups in total. The van der Waals surface area contributed by atoms with Gasteiger partial charge < -0.3 is 24.5 Å². The molecular weight excluding hydrogens is 506 g/mol. The van der Waals surface area contributed by atoms with Gasteiger partial charge in [-0.15, -0.1) is 0 Å². The molecule has 1 heterocycles. The van der Waals surface area contributed by atoms with Gasteiger partial charge in [0.1, 0.15) is 11.7 Å². The summed E-state index contributed by atoms with van der Waals surface area (Å²) in [5.41, 5.74) is 0.263.